The Bertz CT molecular complexity index is 1170. The van der Waals surface area contributed by atoms with Gasteiger partial charge in [0.2, 0.25) is 0 Å². The van der Waals surface area contributed by atoms with E-state index in [0.29, 0.717) is 23.0 Å². The minimum absolute atomic E-state index is 0.247. The Morgan fingerprint density at radius 2 is 1.90 bits per heavy atom. The molecule has 2 N–H and O–H groups in total. The fraction of sp³-hybridized carbons (Fsp3) is 0.190. The van der Waals surface area contributed by atoms with Gasteiger partial charge in [-0.05, 0) is 43.5 Å². The van der Waals surface area contributed by atoms with Gasteiger partial charge in [0, 0.05) is 41.8 Å². The molecule has 0 radical (unpaired) electrons. The highest BCUT2D eigenvalue weighted by Crippen LogP contribution is 2.25. The summed E-state index contributed by atoms with van der Waals surface area (Å²) in [5.74, 6) is 1.96. The molecule has 0 fully saturated rings. The average Bonchev–Trinajstić information content (AvgIpc) is 3.46. The van der Waals surface area contributed by atoms with Crippen LogP contribution in [0.5, 0.6) is 0 Å². The van der Waals surface area contributed by atoms with E-state index >= 15 is 0 Å². The molecule has 0 saturated heterocycles. The standard InChI is InChI=1S/C21H19N7O2/c29-21(20-16-3-1-2-4-17(16)30-27-20)26-15-7-5-14(6-8-15)25-18-11-19(24-12-23-18)28-10-9-22-13-28/h5-13H,1-4H2,(H,26,29)(H,23,24,25). The van der Waals surface area contributed by atoms with Crippen molar-refractivity contribution in [3.8, 4) is 5.82 Å². The van der Waals surface area contributed by atoms with Gasteiger partial charge in [-0.25, -0.2) is 15.0 Å². The van der Waals surface area contributed by atoms with Crippen LogP contribution in [0.4, 0.5) is 17.2 Å². The van der Waals surface area contributed by atoms with Crippen LogP contribution >= 0.6 is 0 Å². The SMILES string of the molecule is O=C(Nc1ccc(Nc2cc(-n3ccnc3)ncn2)cc1)c1noc2c1CCCC2. The van der Waals surface area contributed by atoms with Crippen molar-refractivity contribution >= 4 is 23.1 Å². The van der Waals surface area contributed by atoms with Crippen LogP contribution < -0.4 is 10.6 Å². The first-order valence-corrected chi connectivity index (χ1v) is 9.72. The molecule has 1 aliphatic carbocycles. The topological polar surface area (TPSA) is 111 Å². The maximum absolute atomic E-state index is 12.6. The number of aryl methyl sites for hydroxylation is 1. The first kappa shape index (κ1) is 18.0. The summed E-state index contributed by atoms with van der Waals surface area (Å²) in [4.78, 5) is 25.1. The second kappa shape index (κ2) is 7.78. The number of amides is 1. The number of benzene rings is 1. The molecule has 0 saturated carbocycles. The van der Waals surface area contributed by atoms with Crippen LogP contribution in [0.1, 0.15) is 34.7 Å². The molecule has 0 spiro atoms. The van der Waals surface area contributed by atoms with Gasteiger partial charge < -0.3 is 15.2 Å². The number of anilines is 3. The van der Waals surface area contributed by atoms with E-state index in [1.165, 1.54) is 6.33 Å². The summed E-state index contributed by atoms with van der Waals surface area (Å²) in [6.07, 6.45) is 10.5. The zero-order valence-electron chi connectivity index (χ0n) is 16.1. The summed E-state index contributed by atoms with van der Waals surface area (Å²) >= 11 is 0. The number of hydrogen-bond acceptors (Lipinski definition) is 7. The average molecular weight is 401 g/mol. The van der Waals surface area contributed by atoms with Crippen LogP contribution in [0, 0.1) is 0 Å². The van der Waals surface area contributed by atoms with Crippen molar-refractivity contribution in [2.75, 3.05) is 10.6 Å². The van der Waals surface area contributed by atoms with Crippen LogP contribution in [0.15, 0.2) is 59.9 Å². The second-order valence-electron chi connectivity index (χ2n) is 7.03. The normalized spacial score (nSPS) is 12.9. The molecule has 0 atom stereocenters. The van der Waals surface area contributed by atoms with Crippen LogP contribution in [0.3, 0.4) is 0 Å². The molecule has 3 aromatic heterocycles. The third-order valence-corrected chi connectivity index (χ3v) is 5.00. The molecule has 30 heavy (non-hydrogen) atoms. The predicted octanol–water partition coefficient (Wildman–Crippen LogP) is 3.53. The van der Waals surface area contributed by atoms with Crippen molar-refractivity contribution in [2.45, 2.75) is 25.7 Å². The van der Waals surface area contributed by atoms with Crippen molar-refractivity contribution in [3.63, 3.8) is 0 Å². The molecule has 9 nitrogen and oxygen atoms in total. The van der Waals surface area contributed by atoms with Gasteiger partial charge in [0.15, 0.2) is 5.69 Å². The number of nitrogens with zero attached hydrogens (tertiary/aromatic N) is 5. The number of rotatable bonds is 5. The van der Waals surface area contributed by atoms with E-state index in [9.17, 15) is 4.79 Å². The number of carbonyl (C=O) groups excluding carboxylic acids is 1. The Morgan fingerprint density at radius 1 is 1.07 bits per heavy atom. The van der Waals surface area contributed by atoms with Gasteiger partial charge in [0.05, 0.1) is 0 Å². The van der Waals surface area contributed by atoms with E-state index in [0.717, 1.165) is 42.7 Å². The molecule has 1 aromatic carbocycles. The highest BCUT2D eigenvalue weighted by atomic mass is 16.5. The molecule has 150 valence electrons. The minimum Gasteiger partial charge on any atom is -0.360 e. The van der Waals surface area contributed by atoms with Gasteiger partial charge in [-0.15, -0.1) is 0 Å². The van der Waals surface area contributed by atoms with Gasteiger partial charge in [-0.2, -0.15) is 0 Å². The fourth-order valence-electron chi connectivity index (χ4n) is 3.49. The third kappa shape index (κ3) is 3.64. The van der Waals surface area contributed by atoms with Crippen LogP contribution in [-0.2, 0) is 12.8 Å². The van der Waals surface area contributed by atoms with Gasteiger partial charge in [0.25, 0.3) is 5.91 Å². The van der Waals surface area contributed by atoms with Crippen molar-refractivity contribution < 1.29 is 9.32 Å². The lowest BCUT2D eigenvalue weighted by Gasteiger charge is -2.10. The Balaban J connectivity index is 1.26. The summed E-state index contributed by atoms with van der Waals surface area (Å²) < 4.78 is 7.13. The van der Waals surface area contributed by atoms with E-state index in [1.54, 1.807) is 17.1 Å². The van der Waals surface area contributed by atoms with Gasteiger partial charge in [0.1, 0.15) is 30.1 Å². The monoisotopic (exact) mass is 401 g/mol. The Hall–Kier alpha value is -4.01. The molecule has 0 unspecified atom stereocenters. The Kier molecular flexibility index (Phi) is 4.68. The van der Waals surface area contributed by atoms with Crippen molar-refractivity contribution in [1.82, 2.24) is 24.7 Å². The largest absolute Gasteiger partial charge is 0.360 e. The van der Waals surface area contributed by atoms with Crippen molar-refractivity contribution in [2.24, 2.45) is 0 Å². The minimum atomic E-state index is -0.247. The highest BCUT2D eigenvalue weighted by molar-refractivity contribution is 6.04. The maximum Gasteiger partial charge on any atom is 0.278 e. The van der Waals surface area contributed by atoms with E-state index in [1.807, 2.05) is 36.5 Å². The Morgan fingerprint density at radius 3 is 2.73 bits per heavy atom. The molecule has 9 heteroatoms. The highest BCUT2D eigenvalue weighted by Gasteiger charge is 2.23. The van der Waals surface area contributed by atoms with Gasteiger partial charge in [-0.1, -0.05) is 5.16 Å². The molecule has 3 heterocycles. The summed E-state index contributed by atoms with van der Waals surface area (Å²) in [6.45, 7) is 0. The summed E-state index contributed by atoms with van der Waals surface area (Å²) in [6, 6.07) is 9.21. The smallest absolute Gasteiger partial charge is 0.278 e. The van der Waals surface area contributed by atoms with Crippen LogP contribution in [0.2, 0.25) is 0 Å². The van der Waals surface area contributed by atoms with Crippen molar-refractivity contribution in [3.05, 3.63) is 72.4 Å². The summed E-state index contributed by atoms with van der Waals surface area (Å²) in [5.41, 5.74) is 2.84. The maximum atomic E-state index is 12.6. The lowest BCUT2D eigenvalue weighted by molar-refractivity contribution is 0.101. The zero-order chi connectivity index (χ0) is 20.3. The zero-order valence-corrected chi connectivity index (χ0v) is 16.1. The lowest BCUT2D eigenvalue weighted by atomic mass is 9.96. The molecular formula is C21H19N7O2. The number of imidazole rings is 1. The first-order chi connectivity index (χ1) is 14.8. The fourth-order valence-corrected chi connectivity index (χ4v) is 3.49. The number of carbonyl (C=O) groups is 1. The third-order valence-electron chi connectivity index (χ3n) is 5.00. The number of hydrogen-bond donors (Lipinski definition) is 2. The molecule has 4 aromatic rings. The summed E-state index contributed by atoms with van der Waals surface area (Å²) in [5, 5.41) is 10.1. The molecule has 1 aliphatic rings. The lowest BCUT2D eigenvalue weighted by Crippen LogP contribution is -2.15. The molecule has 1 amide bonds. The van der Waals surface area contributed by atoms with Gasteiger partial charge >= 0.3 is 0 Å². The van der Waals surface area contributed by atoms with Gasteiger partial charge in [-0.3, -0.25) is 9.36 Å². The Labute approximate surface area is 172 Å². The molecule has 0 aliphatic heterocycles. The van der Waals surface area contributed by atoms with E-state index < -0.39 is 0 Å². The number of aromatic nitrogens is 5. The quantitative estimate of drug-likeness (QED) is 0.526. The van der Waals surface area contributed by atoms with Crippen molar-refractivity contribution in [1.29, 1.82) is 0 Å². The number of nitrogens with one attached hydrogen (secondary N) is 2. The predicted molar refractivity (Wildman–Crippen MR) is 110 cm³/mol. The first-order valence-electron chi connectivity index (χ1n) is 9.72. The second-order valence-corrected chi connectivity index (χ2v) is 7.03. The van der Waals surface area contributed by atoms with Crippen LogP contribution in [-0.4, -0.2) is 30.6 Å². The summed E-state index contributed by atoms with van der Waals surface area (Å²) in [7, 11) is 0. The number of fused-ring (bicyclic) bond motifs is 1. The molecule has 0 bridgehead atoms. The van der Waals surface area contributed by atoms with E-state index in [2.05, 4.69) is 30.7 Å². The van der Waals surface area contributed by atoms with E-state index in [-0.39, 0.29) is 5.91 Å². The van der Waals surface area contributed by atoms with Crippen LogP contribution in [0.25, 0.3) is 5.82 Å². The molecular weight excluding hydrogens is 382 g/mol. The molecule has 5 rings (SSSR count). The van der Waals surface area contributed by atoms with E-state index in [4.69, 9.17) is 4.52 Å².